The molecular weight excluding hydrogens is 208 g/mol. The van der Waals surface area contributed by atoms with E-state index in [9.17, 15) is 4.21 Å². The molecular formula is C11H18N2OS. The van der Waals surface area contributed by atoms with Crippen molar-refractivity contribution in [3.05, 3.63) is 23.9 Å². The minimum absolute atomic E-state index is 0.00606. The molecule has 0 atom stereocenters. The molecule has 1 rings (SSSR count). The lowest BCUT2D eigenvalue weighted by Gasteiger charge is -2.17. The van der Waals surface area contributed by atoms with Gasteiger partial charge in [0.2, 0.25) is 0 Å². The summed E-state index contributed by atoms with van der Waals surface area (Å²) in [4.78, 5) is 4.38. The summed E-state index contributed by atoms with van der Waals surface area (Å²) in [5.41, 5.74) is 0.959. The van der Waals surface area contributed by atoms with Crippen molar-refractivity contribution in [2.75, 3.05) is 12.5 Å². The molecule has 0 aliphatic carbocycles. The molecule has 0 saturated heterocycles. The first-order valence-corrected chi connectivity index (χ1v) is 7.16. The summed E-state index contributed by atoms with van der Waals surface area (Å²) in [6, 6.07) is 5.64. The average molecular weight is 226 g/mol. The second kappa shape index (κ2) is 3.93. The summed E-state index contributed by atoms with van der Waals surface area (Å²) >= 11 is 0. The van der Waals surface area contributed by atoms with Crippen LogP contribution in [0.1, 0.15) is 26.5 Å². The van der Waals surface area contributed by atoms with Crippen molar-refractivity contribution in [1.29, 1.82) is 0 Å². The minimum atomic E-state index is -2.13. The Kier molecular flexibility index (Phi) is 3.19. The Balaban J connectivity index is 3.21. The van der Waals surface area contributed by atoms with Crippen LogP contribution in [0.5, 0.6) is 0 Å². The largest absolute Gasteiger partial charge is 0.250 e. The van der Waals surface area contributed by atoms with Crippen LogP contribution >= 0.6 is 0 Å². The number of aromatic nitrogens is 1. The molecule has 0 radical (unpaired) electrons. The maximum atomic E-state index is 11.5. The molecule has 0 aliphatic rings. The molecule has 0 unspecified atom stereocenters. The average Bonchev–Trinajstić information content (AvgIpc) is 1.99. The Morgan fingerprint density at radius 2 is 1.87 bits per heavy atom. The Morgan fingerprint density at radius 3 is 2.33 bits per heavy atom. The second-order valence-corrected chi connectivity index (χ2v) is 7.45. The van der Waals surface area contributed by atoms with E-state index >= 15 is 0 Å². The summed E-state index contributed by atoms with van der Waals surface area (Å²) in [5.74, 6) is 0.553. The molecule has 0 N–H and O–H groups in total. The second-order valence-electron chi connectivity index (χ2n) is 4.90. The molecule has 3 nitrogen and oxygen atoms in total. The number of rotatable bonds is 1. The van der Waals surface area contributed by atoms with Gasteiger partial charge < -0.3 is 0 Å². The predicted molar refractivity (Wildman–Crippen MR) is 65.0 cm³/mol. The van der Waals surface area contributed by atoms with Crippen LogP contribution in [0, 0.1) is 0 Å². The van der Waals surface area contributed by atoms with E-state index in [1.165, 1.54) is 0 Å². The number of hydrogen-bond donors (Lipinski definition) is 0. The van der Waals surface area contributed by atoms with Crippen molar-refractivity contribution >= 4 is 15.5 Å². The first-order valence-electron chi connectivity index (χ1n) is 4.83. The lowest BCUT2D eigenvalue weighted by atomic mass is 9.92. The highest BCUT2D eigenvalue weighted by Gasteiger charge is 2.15. The lowest BCUT2D eigenvalue weighted by Crippen LogP contribution is -2.12. The minimum Gasteiger partial charge on any atom is -0.250 e. The summed E-state index contributed by atoms with van der Waals surface area (Å²) in [5, 5.41) is 0. The van der Waals surface area contributed by atoms with Gasteiger partial charge in [-0.25, -0.2) is 9.19 Å². The Labute approximate surface area is 92.1 Å². The van der Waals surface area contributed by atoms with Gasteiger partial charge in [0.1, 0.15) is 0 Å². The van der Waals surface area contributed by atoms with Crippen LogP contribution in [-0.2, 0) is 15.1 Å². The fourth-order valence-electron chi connectivity index (χ4n) is 1.12. The molecule has 0 spiro atoms. The van der Waals surface area contributed by atoms with Crippen LogP contribution in [-0.4, -0.2) is 21.7 Å². The number of hydrogen-bond acceptors (Lipinski definition) is 3. The highest BCUT2D eigenvalue weighted by molar-refractivity contribution is 7.92. The van der Waals surface area contributed by atoms with Gasteiger partial charge in [-0.15, -0.1) is 0 Å². The quantitative estimate of drug-likeness (QED) is 0.739. The van der Waals surface area contributed by atoms with E-state index < -0.39 is 9.73 Å². The third kappa shape index (κ3) is 4.00. The Morgan fingerprint density at radius 1 is 1.27 bits per heavy atom. The third-order valence-corrected chi connectivity index (χ3v) is 2.44. The molecule has 1 aromatic rings. The molecule has 0 saturated carbocycles. The molecule has 0 bridgehead atoms. The van der Waals surface area contributed by atoms with Crippen LogP contribution in [0.25, 0.3) is 0 Å². The van der Waals surface area contributed by atoms with E-state index in [0.29, 0.717) is 5.82 Å². The van der Waals surface area contributed by atoms with Gasteiger partial charge in [0, 0.05) is 33.3 Å². The molecule has 1 heterocycles. The van der Waals surface area contributed by atoms with Crippen molar-refractivity contribution in [1.82, 2.24) is 4.98 Å². The van der Waals surface area contributed by atoms with E-state index in [2.05, 4.69) is 30.1 Å². The number of pyridine rings is 1. The molecule has 0 aliphatic heterocycles. The molecule has 84 valence electrons. The maximum Gasteiger partial charge on any atom is 0.161 e. The van der Waals surface area contributed by atoms with Gasteiger partial charge in [-0.1, -0.05) is 26.8 Å². The zero-order chi connectivity index (χ0) is 11.7. The van der Waals surface area contributed by atoms with Crippen LogP contribution in [0.4, 0.5) is 5.82 Å². The first kappa shape index (κ1) is 12.2. The summed E-state index contributed by atoms with van der Waals surface area (Å²) in [6.45, 7) is 6.27. The van der Waals surface area contributed by atoms with E-state index in [0.717, 1.165) is 5.69 Å². The van der Waals surface area contributed by atoms with Gasteiger partial charge >= 0.3 is 0 Å². The van der Waals surface area contributed by atoms with Crippen molar-refractivity contribution in [2.24, 2.45) is 4.36 Å². The lowest BCUT2D eigenvalue weighted by molar-refractivity contribution is 0.569. The molecule has 4 heteroatoms. The van der Waals surface area contributed by atoms with Crippen LogP contribution in [0.3, 0.4) is 0 Å². The van der Waals surface area contributed by atoms with Crippen molar-refractivity contribution < 1.29 is 4.21 Å². The summed E-state index contributed by atoms with van der Waals surface area (Å²) in [7, 11) is -2.13. The van der Waals surface area contributed by atoms with Gasteiger partial charge in [-0.2, -0.15) is 4.36 Å². The smallest absolute Gasteiger partial charge is 0.161 e. The molecule has 0 fully saturated rings. The molecule has 0 aromatic carbocycles. The molecule has 0 amide bonds. The van der Waals surface area contributed by atoms with E-state index in [1.807, 2.05) is 12.1 Å². The van der Waals surface area contributed by atoms with Crippen molar-refractivity contribution in [3.8, 4) is 0 Å². The Hall–Kier alpha value is -0.900. The van der Waals surface area contributed by atoms with Crippen molar-refractivity contribution in [3.63, 3.8) is 0 Å². The van der Waals surface area contributed by atoms with Crippen molar-refractivity contribution in [2.45, 2.75) is 26.2 Å². The van der Waals surface area contributed by atoms with Gasteiger partial charge in [-0.3, -0.25) is 0 Å². The monoisotopic (exact) mass is 226 g/mol. The third-order valence-electron chi connectivity index (χ3n) is 1.82. The molecule has 1 aromatic heterocycles. The highest BCUT2D eigenvalue weighted by atomic mass is 32.2. The van der Waals surface area contributed by atoms with Gasteiger partial charge in [0.05, 0.1) is 0 Å². The first-order chi connectivity index (χ1) is 6.68. The number of nitrogens with zero attached hydrogens (tertiary/aromatic N) is 2. The van der Waals surface area contributed by atoms with Crippen LogP contribution in [0.2, 0.25) is 0 Å². The fraction of sp³-hybridized carbons (Fsp3) is 0.545. The topological polar surface area (TPSA) is 42.3 Å². The highest BCUT2D eigenvalue weighted by Crippen LogP contribution is 2.22. The van der Waals surface area contributed by atoms with Crippen LogP contribution < -0.4 is 0 Å². The summed E-state index contributed by atoms with van der Waals surface area (Å²) in [6.07, 6.45) is 3.22. The van der Waals surface area contributed by atoms with E-state index in [1.54, 1.807) is 18.6 Å². The molecule has 15 heavy (non-hydrogen) atoms. The predicted octanol–water partition coefficient (Wildman–Crippen LogP) is 2.74. The van der Waals surface area contributed by atoms with Gasteiger partial charge in [-0.05, 0) is 12.1 Å². The summed E-state index contributed by atoms with van der Waals surface area (Å²) < 4.78 is 15.6. The zero-order valence-corrected chi connectivity index (χ0v) is 10.8. The normalized spacial score (nSPS) is 12.6. The van der Waals surface area contributed by atoms with E-state index in [-0.39, 0.29) is 5.41 Å². The van der Waals surface area contributed by atoms with Crippen LogP contribution in [0.15, 0.2) is 22.6 Å². The van der Waals surface area contributed by atoms with Gasteiger partial charge in [0.25, 0.3) is 0 Å². The fourth-order valence-corrected chi connectivity index (χ4v) is 1.67. The zero-order valence-electron chi connectivity index (χ0n) is 9.94. The van der Waals surface area contributed by atoms with E-state index in [4.69, 9.17) is 0 Å². The maximum absolute atomic E-state index is 11.5. The standard InChI is InChI=1S/C11H18N2OS/c1-11(2,3)9-7-6-8-10(12-9)13-15(4,5)14/h6-8H,1-5H3. The van der Waals surface area contributed by atoms with Gasteiger partial charge in [0.15, 0.2) is 5.82 Å². The SMILES string of the molecule is CC(C)(C)c1cccc(N=S(C)(C)=O)n1. The Bertz CT molecular complexity index is 458.